The van der Waals surface area contributed by atoms with Crippen LogP contribution in [0.5, 0.6) is 0 Å². The van der Waals surface area contributed by atoms with Gasteiger partial charge in [0.2, 0.25) is 5.60 Å². The molecule has 192 valence electrons. The fourth-order valence-corrected chi connectivity index (χ4v) is 7.45. The molecule has 35 heavy (non-hydrogen) atoms. The number of allylic oxidation sites excluding steroid dienone is 4. The Balaban J connectivity index is 1.72. The molecular formula is C26H34O9. The smallest absolute Gasteiger partial charge is 0.435 e. The fourth-order valence-electron chi connectivity index (χ4n) is 7.45. The number of aliphatic hydroxyl groups is 1. The van der Waals surface area contributed by atoms with Crippen molar-refractivity contribution in [2.24, 2.45) is 28.6 Å². The van der Waals surface area contributed by atoms with Gasteiger partial charge in [0, 0.05) is 16.7 Å². The second kappa shape index (κ2) is 9.08. The number of carbonyl (C=O) groups is 4. The number of carbonyl (C=O) groups excluding carboxylic acids is 4. The second-order valence-corrected chi connectivity index (χ2v) is 10.4. The Hall–Kier alpha value is -2.68. The molecule has 0 aromatic rings. The Morgan fingerprint density at radius 1 is 1.09 bits per heavy atom. The van der Waals surface area contributed by atoms with Crippen LogP contribution in [0.4, 0.5) is 9.59 Å². The van der Waals surface area contributed by atoms with Gasteiger partial charge in [-0.25, -0.2) is 14.4 Å². The van der Waals surface area contributed by atoms with Crippen molar-refractivity contribution in [2.45, 2.75) is 71.5 Å². The summed E-state index contributed by atoms with van der Waals surface area (Å²) in [5.41, 5.74) is -2.27. The predicted octanol–water partition coefficient (Wildman–Crippen LogP) is 3.88. The van der Waals surface area contributed by atoms with Crippen LogP contribution in [0.2, 0.25) is 0 Å². The topological polar surface area (TPSA) is 125 Å². The van der Waals surface area contributed by atoms with Crippen LogP contribution in [0, 0.1) is 28.6 Å². The summed E-state index contributed by atoms with van der Waals surface area (Å²) in [6.07, 6.45) is 4.37. The van der Waals surface area contributed by atoms with Crippen LogP contribution in [-0.4, -0.2) is 54.1 Å². The monoisotopic (exact) mass is 490 g/mol. The molecule has 0 aromatic heterocycles. The van der Waals surface area contributed by atoms with Crippen molar-refractivity contribution in [1.29, 1.82) is 0 Å². The maximum Gasteiger partial charge on any atom is 0.516 e. The first-order valence-corrected chi connectivity index (χ1v) is 12.4. The zero-order chi connectivity index (χ0) is 25.6. The highest BCUT2D eigenvalue weighted by molar-refractivity contribution is 6.01. The van der Waals surface area contributed by atoms with E-state index < -0.39 is 40.8 Å². The van der Waals surface area contributed by atoms with E-state index in [1.807, 2.05) is 13.0 Å². The third-order valence-electron chi connectivity index (χ3n) is 8.90. The van der Waals surface area contributed by atoms with Gasteiger partial charge in [-0.05, 0) is 69.9 Å². The fraction of sp³-hybridized carbons (Fsp3) is 0.692. The van der Waals surface area contributed by atoms with Gasteiger partial charge >= 0.3 is 18.3 Å². The average molecular weight is 491 g/mol. The Labute approximate surface area is 204 Å². The maximum absolute atomic E-state index is 13.5. The third-order valence-corrected chi connectivity index (χ3v) is 8.90. The number of rotatable bonds is 4. The van der Waals surface area contributed by atoms with Crippen molar-refractivity contribution in [3.05, 3.63) is 23.8 Å². The normalized spacial score (nSPS) is 39.5. The molecule has 0 spiro atoms. The van der Waals surface area contributed by atoms with Gasteiger partial charge in [-0.15, -0.1) is 0 Å². The van der Waals surface area contributed by atoms with E-state index in [-0.39, 0.29) is 49.6 Å². The summed E-state index contributed by atoms with van der Waals surface area (Å²) in [5, 5.41) is 11.5. The largest absolute Gasteiger partial charge is 0.516 e. The molecule has 0 amide bonds. The molecule has 0 saturated heterocycles. The lowest BCUT2D eigenvalue weighted by Crippen LogP contribution is -2.63. The quantitative estimate of drug-likeness (QED) is 0.461. The van der Waals surface area contributed by atoms with Crippen molar-refractivity contribution in [3.8, 4) is 0 Å². The van der Waals surface area contributed by atoms with Crippen molar-refractivity contribution in [2.75, 3.05) is 13.2 Å². The maximum atomic E-state index is 13.5. The van der Waals surface area contributed by atoms with E-state index in [1.54, 1.807) is 26.0 Å². The van der Waals surface area contributed by atoms with Gasteiger partial charge in [0.25, 0.3) is 0 Å². The van der Waals surface area contributed by atoms with Gasteiger partial charge in [-0.3, -0.25) is 4.79 Å². The summed E-state index contributed by atoms with van der Waals surface area (Å²) < 4.78 is 20.5. The van der Waals surface area contributed by atoms with E-state index in [1.165, 1.54) is 0 Å². The minimum Gasteiger partial charge on any atom is -0.435 e. The molecule has 9 nitrogen and oxygen atoms in total. The summed E-state index contributed by atoms with van der Waals surface area (Å²) in [7, 11) is 0. The standard InChI is InChI=1S/C26H34O9/c1-5-32-22(30)34-21(29)26(35-23(31)33-6-2)12-10-18-17-8-7-15-13-16(27)9-11-24(15,3)20(17)19(28)14-25(18,26)4/h9,11,13,17-20,28H,5-8,10,12,14H2,1-4H3/t17-,18-,19?,20+,24-,25-,26-/m0/s1. The van der Waals surface area contributed by atoms with Crippen LogP contribution in [0.3, 0.4) is 0 Å². The van der Waals surface area contributed by atoms with E-state index >= 15 is 0 Å². The van der Waals surface area contributed by atoms with Crippen LogP contribution >= 0.6 is 0 Å². The highest BCUT2D eigenvalue weighted by Crippen LogP contribution is 2.68. The Morgan fingerprint density at radius 2 is 1.77 bits per heavy atom. The van der Waals surface area contributed by atoms with Gasteiger partial charge in [-0.2, -0.15) is 0 Å². The summed E-state index contributed by atoms with van der Waals surface area (Å²) in [4.78, 5) is 50.0. The van der Waals surface area contributed by atoms with Gasteiger partial charge in [0.15, 0.2) is 5.78 Å². The number of ether oxygens (including phenoxy) is 4. The van der Waals surface area contributed by atoms with E-state index in [0.717, 1.165) is 12.0 Å². The van der Waals surface area contributed by atoms with E-state index in [9.17, 15) is 24.3 Å². The molecule has 9 heteroatoms. The first kappa shape index (κ1) is 25.4. The summed E-state index contributed by atoms with van der Waals surface area (Å²) >= 11 is 0. The zero-order valence-electron chi connectivity index (χ0n) is 20.7. The van der Waals surface area contributed by atoms with Gasteiger partial charge in [-0.1, -0.05) is 25.5 Å². The molecule has 3 fully saturated rings. The molecule has 0 heterocycles. The zero-order valence-corrected chi connectivity index (χ0v) is 20.7. The second-order valence-electron chi connectivity index (χ2n) is 10.4. The lowest BCUT2D eigenvalue weighted by atomic mass is 9.46. The molecule has 0 radical (unpaired) electrons. The summed E-state index contributed by atoms with van der Waals surface area (Å²) in [6, 6.07) is 0. The molecule has 1 N–H and O–H groups in total. The number of fused-ring (bicyclic) bond motifs is 5. The van der Waals surface area contributed by atoms with Gasteiger partial charge in [0.1, 0.15) is 0 Å². The number of ketones is 1. The highest BCUT2D eigenvalue weighted by atomic mass is 16.8. The average Bonchev–Trinajstić information content (AvgIpc) is 3.06. The van der Waals surface area contributed by atoms with Crippen LogP contribution < -0.4 is 0 Å². The molecule has 0 bridgehead atoms. The molecule has 4 aliphatic carbocycles. The Kier molecular flexibility index (Phi) is 6.59. The minimum atomic E-state index is -1.81. The van der Waals surface area contributed by atoms with Crippen molar-refractivity contribution in [1.82, 2.24) is 0 Å². The highest BCUT2D eigenvalue weighted by Gasteiger charge is 2.72. The number of aliphatic hydroxyl groups excluding tert-OH is 1. The van der Waals surface area contributed by atoms with E-state index in [2.05, 4.69) is 6.92 Å². The number of hydrogen-bond acceptors (Lipinski definition) is 9. The lowest BCUT2D eigenvalue weighted by Gasteiger charge is -2.59. The summed E-state index contributed by atoms with van der Waals surface area (Å²) in [5.74, 6) is -1.30. The minimum absolute atomic E-state index is 0.00631. The first-order chi connectivity index (χ1) is 16.5. The molecule has 0 aromatic carbocycles. The Morgan fingerprint density at radius 3 is 2.46 bits per heavy atom. The van der Waals surface area contributed by atoms with Crippen molar-refractivity contribution in [3.63, 3.8) is 0 Å². The lowest BCUT2D eigenvalue weighted by molar-refractivity contribution is -0.197. The van der Waals surface area contributed by atoms with Crippen molar-refractivity contribution < 1.29 is 43.2 Å². The first-order valence-electron chi connectivity index (χ1n) is 12.4. The van der Waals surface area contributed by atoms with Crippen LogP contribution in [0.1, 0.15) is 59.8 Å². The predicted molar refractivity (Wildman–Crippen MR) is 122 cm³/mol. The van der Waals surface area contributed by atoms with Crippen LogP contribution in [0.15, 0.2) is 23.8 Å². The van der Waals surface area contributed by atoms with Gasteiger partial charge in [0.05, 0.1) is 19.3 Å². The molecule has 7 atom stereocenters. The third kappa shape index (κ3) is 3.88. The number of esters is 1. The van der Waals surface area contributed by atoms with Crippen LogP contribution in [0.25, 0.3) is 0 Å². The molecular weight excluding hydrogens is 456 g/mol. The molecule has 1 unspecified atom stereocenters. The molecule has 4 aliphatic rings. The molecule has 0 aliphatic heterocycles. The van der Waals surface area contributed by atoms with E-state index in [4.69, 9.17) is 18.9 Å². The molecule has 4 rings (SSSR count). The summed E-state index contributed by atoms with van der Waals surface area (Å²) in [6.45, 7) is 7.15. The SMILES string of the molecule is CCOC(=O)OC(=O)[C@@]1(OC(=O)OCC)CC[C@H]2[C@@H]3CCC4=CC(=O)C=C[C@]4(C)[C@H]3C(O)C[C@@]21C. The van der Waals surface area contributed by atoms with Crippen molar-refractivity contribution >= 4 is 24.1 Å². The Bertz CT molecular complexity index is 983. The molecule has 3 saturated carbocycles. The van der Waals surface area contributed by atoms with Gasteiger partial charge < -0.3 is 24.1 Å². The number of hydrogen-bond donors (Lipinski definition) is 1. The van der Waals surface area contributed by atoms with E-state index in [0.29, 0.717) is 12.8 Å². The van der Waals surface area contributed by atoms with Crippen LogP contribution in [-0.2, 0) is 28.5 Å².